The number of benzene rings is 6. The van der Waals surface area contributed by atoms with Crippen LogP contribution in [0.2, 0.25) is 0 Å². The number of nitrogens with zero attached hydrogens (tertiary/aromatic N) is 6. The lowest BCUT2D eigenvalue weighted by Gasteiger charge is -2.29. The molecule has 310 valence electrons. The van der Waals surface area contributed by atoms with E-state index in [2.05, 4.69) is 215 Å². The molecule has 0 bridgehead atoms. The average molecular weight is 829 g/mol. The lowest BCUT2D eigenvalue weighted by molar-refractivity contribution is 0.990. The molecular formula is C58H48N6. The maximum Gasteiger partial charge on any atom is 0.137 e. The summed E-state index contributed by atoms with van der Waals surface area (Å²) < 4.78 is 0. The van der Waals surface area contributed by atoms with Crippen molar-refractivity contribution in [3.8, 4) is 11.1 Å². The SMILES string of the molecule is C=C/C=C(\C=C)N(c1ccc(N(c2ccccc2)c2ccccc2)cc1)c1ccc(-c2ccc(N(C3=CCCC=C3)c3ccc(N(c4ccccc4)c4ccccc4)cc3)nc2)cn1. The number of allylic oxidation sites excluding steroid dienone is 6. The minimum absolute atomic E-state index is 0.751. The van der Waals surface area contributed by atoms with Crippen LogP contribution in [0.15, 0.2) is 268 Å². The number of aromatic nitrogens is 2. The van der Waals surface area contributed by atoms with E-state index in [9.17, 15) is 0 Å². The topological polar surface area (TPSA) is 38.7 Å². The largest absolute Gasteiger partial charge is 0.311 e. The highest BCUT2D eigenvalue weighted by molar-refractivity contribution is 5.81. The maximum absolute atomic E-state index is 5.06. The second kappa shape index (κ2) is 19.5. The van der Waals surface area contributed by atoms with Crippen molar-refractivity contribution in [2.75, 3.05) is 19.6 Å². The molecule has 0 N–H and O–H groups in total. The molecule has 9 rings (SSSR count). The van der Waals surface area contributed by atoms with Crippen molar-refractivity contribution in [3.05, 3.63) is 268 Å². The van der Waals surface area contributed by atoms with Crippen LogP contribution in [0.5, 0.6) is 0 Å². The highest BCUT2D eigenvalue weighted by Crippen LogP contribution is 2.40. The Kier molecular flexibility index (Phi) is 12.5. The van der Waals surface area contributed by atoms with Crippen LogP contribution < -0.4 is 19.6 Å². The molecule has 0 radical (unpaired) electrons. The molecule has 2 heterocycles. The standard InChI is InChI=1S/C58H48N6/c1-3-20-47(4-2)63(55-37-33-53(34-38-55)61(48-21-10-5-11-22-48)49-23-12-6-13-24-49)57-41-31-45(43-59-57)46-32-42-58(60-44-46)64(52-29-18-9-19-30-52)56-39-35-54(36-40-56)62(50-25-14-7-15-26-50)51-27-16-8-17-28-51/h3-8,10-18,20-44H,1-2,9,19H2/b47-20+. The van der Waals surface area contributed by atoms with Crippen molar-refractivity contribution in [2.45, 2.75) is 12.8 Å². The van der Waals surface area contributed by atoms with Crippen LogP contribution in [0.1, 0.15) is 12.8 Å². The quantitative estimate of drug-likeness (QED) is 0.0959. The first-order valence-corrected chi connectivity index (χ1v) is 21.5. The van der Waals surface area contributed by atoms with Gasteiger partial charge in [0.1, 0.15) is 11.6 Å². The number of hydrogen-bond acceptors (Lipinski definition) is 6. The number of para-hydroxylation sites is 4. The van der Waals surface area contributed by atoms with Gasteiger partial charge in [0.05, 0.1) is 0 Å². The van der Waals surface area contributed by atoms with E-state index in [1.165, 1.54) is 0 Å². The Labute approximate surface area is 376 Å². The van der Waals surface area contributed by atoms with E-state index >= 15 is 0 Å². The molecule has 8 aromatic rings. The van der Waals surface area contributed by atoms with E-state index in [1.54, 1.807) is 6.08 Å². The van der Waals surface area contributed by atoms with Gasteiger partial charge in [-0.25, -0.2) is 9.97 Å². The first kappa shape index (κ1) is 40.9. The van der Waals surface area contributed by atoms with E-state index < -0.39 is 0 Å². The van der Waals surface area contributed by atoms with Crippen LogP contribution in [0.3, 0.4) is 0 Å². The lowest BCUT2D eigenvalue weighted by atomic mass is 10.1. The minimum atomic E-state index is 0.751. The van der Waals surface area contributed by atoms with E-state index in [4.69, 9.17) is 9.97 Å². The molecule has 0 unspecified atom stereocenters. The molecule has 0 saturated heterocycles. The molecule has 6 nitrogen and oxygen atoms in total. The Bertz CT molecular complexity index is 2790. The van der Waals surface area contributed by atoms with Crippen molar-refractivity contribution in [1.82, 2.24) is 9.97 Å². The third-order valence-electron chi connectivity index (χ3n) is 11.1. The molecule has 0 spiro atoms. The summed E-state index contributed by atoms with van der Waals surface area (Å²) >= 11 is 0. The van der Waals surface area contributed by atoms with Gasteiger partial charge in [-0.1, -0.05) is 104 Å². The second-order valence-electron chi connectivity index (χ2n) is 15.2. The van der Waals surface area contributed by atoms with Crippen molar-refractivity contribution < 1.29 is 0 Å². The second-order valence-corrected chi connectivity index (χ2v) is 15.2. The molecule has 0 fully saturated rings. The van der Waals surface area contributed by atoms with E-state index in [1.807, 2.05) is 54.9 Å². The molecule has 0 atom stereocenters. The van der Waals surface area contributed by atoms with E-state index in [0.717, 1.165) is 92.5 Å². The predicted octanol–water partition coefficient (Wildman–Crippen LogP) is 15.8. The fraction of sp³-hybridized carbons (Fsp3) is 0.0345. The normalized spacial score (nSPS) is 12.2. The Morgan fingerprint density at radius 2 is 0.828 bits per heavy atom. The molecule has 6 aromatic carbocycles. The van der Waals surface area contributed by atoms with Crippen LogP contribution >= 0.6 is 0 Å². The van der Waals surface area contributed by atoms with Gasteiger partial charge in [-0.3, -0.25) is 9.80 Å². The summed E-state index contributed by atoms with van der Waals surface area (Å²) in [5.41, 5.74) is 12.3. The van der Waals surface area contributed by atoms with Crippen molar-refractivity contribution in [3.63, 3.8) is 0 Å². The molecule has 0 amide bonds. The van der Waals surface area contributed by atoms with Crippen LogP contribution in [0.4, 0.5) is 57.1 Å². The first-order chi connectivity index (χ1) is 31.7. The predicted molar refractivity (Wildman–Crippen MR) is 269 cm³/mol. The summed E-state index contributed by atoms with van der Waals surface area (Å²) in [6.07, 6.45) is 18.1. The first-order valence-electron chi connectivity index (χ1n) is 21.5. The smallest absolute Gasteiger partial charge is 0.137 e. The van der Waals surface area contributed by atoms with Gasteiger partial charge in [-0.2, -0.15) is 0 Å². The third kappa shape index (κ3) is 8.94. The lowest BCUT2D eigenvalue weighted by Crippen LogP contribution is -2.18. The summed E-state index contributed by atoms with van der Waals surface area (Å²) in [4.78, 5) is 18.9. The van der Waals surface area contributed by atoms with Crippen molar-refractivity contribution in [1.29, 1.82) is 0 Å². The number of anilines is 10. The zero-order chi connectivity index (χ0) is 43.5. The highest BCUT2D eigenvalue weighted by atomic mass is 15.2. The summed E-state index contributed by atoms with van der Waals surface area (Å²) in [6, 6.07) is 67.3. The molecule has 1 aliphatic carbocycles. The molecule has 6 heteroatoms. The Hall–Kier alpha value is -8.48. The maximum atomic E-state index is 5.06. The Morgan fingerprint density at radius 1 is 0.422 bits per heavy atom. The molecule has 2 aromatic heterocycles. The van der Waals surface area contributed by atoms with Crippen LogP contribution in [-0.4, -0.2) is 9.97 Å². The molecule has 0 saturated carbocycles. The summed E-state index contributed by atoms with van der Waals surface area (Å²) in [5, 5.41) is 0. The zero-order valence-corrected chi connectivity index (χ0v) is 35.6. The molecule has 1 aliphatic rings. The van der Waals surface area contributed by atoms with Crippen LogP contribution in [0, 0.1) is 0 Å². The van der Waals surface area contributed by atoms with Crippen molar-refractivity contribution in [2.24, 2.45) is 0 Å². The number of rotatable bonds is 15. The molecule has 0 aliphatic heterocycles. The Balaban J connectivity index is 0.993. The molecular weight excluding hydrogens is 781 g/mol. The van der Waals surface area contributed by atoms with Gasteiger partial charge in [-0.15, -0.1) is 0 Å². The van der Waals surface area contributed by atoms with Gasteiger partial charge in [-0.05, 0) is 152 Å². The van der Waals surface area contributed by atoms with Crippen LogP contribution in [0.25, 0.3) is 11.1 Å². The summed E-state index contributed by atoms with van der Waals surface area (Å²) in [7, 11) is 0. The average Bonchev–Trinajstić information content (AvgIpc) is 3.37. The van der Waals surface area contributed by atoms with Crippen molar-refractivity contribution >= 4 is 57.1 Å². The minimum Gasteiger partial charge on any atom is -0.311 e. The van der Waals surface area contributed by atoms with Gasteiger partial charge < -0.3 is 9.80 Å². The van der Waals surface area contributed by atoms with E-state index in [-0.39, 0.29) is 0 Å². The van der Waals surface area contributed by atoms with Gasteiger partial charge >= 0.3 is 0 Å². The van der Waals surface area contributed by atoms with E-state index in [0.29, 0.717) is 0 Å². The van der Waals surface area contributed by atoms with Gasteiger partial charge in [0.2, 0.25) is 0 Å². The Morgan fingerprint density at radius 3 is 1.20 bits per heavy atom. The monoisotopic (exact) mass is 828 g/mol. The summed E-state index contributed by atoms with van der Waals surface area (Å²) in [6.45, 7) is 8.12. The van der Waals surface area contributed by atoms with Crippen LogP contribution in [-0.2, 0) is 0 Å². The van der Waals surface area contributed by atoms with Gasteiger partial charge in [0.25, 0.3) is 0 Å². The highest BCUT2D eigenvalue weighted by Gasteiger charge is 2.20. The number of pyridine rings is 2. The fourth-order valence-electron chi connectivity index (χ4n) is 8.03. The third-order valence-corrected chi connectivity index (χ3v) is 11.1. The number of hydrogen-bond donors (Lipinski definition) is 0. The van der Waals surface area contributed by atoms with Gasteiger partial charge in [0, 0.05) is 80.4 Å². The molecule has 64 heavy (non-hydrogen) atoms. The van der Waals surface area contributed by atoms with Gasteiger partial charge in [0.15, 0.2) is 0 Å². The fourth-order valence-corrected chi connectivity index (χ4v) is 8.03. The summed E-state index contributed by atoms with van der Waals surface area (Å²) in [5.74, 6) is 1.58. The zero-order valence-electron chi connectivity index (χ0n) is 35.6.